The standard InChI is InChI=1S/C8H8N2O6S/c1-17(15,16)10-6-5(8(13)14)2-4(3-9-6)7(11)12/h2-3H,1H3,(H,9,10)(H,11,12)(H,13,14). The van der Waals surface area contributed by atoms with E-state index in [0.717, 1.165) is 18.5 Å². The molecule has 0 aliphatic rings. The molecule has 92 valence electrons. The summed E-state index contributed by atoms with van der Waals surface area (Å²) in [5.74, 6) is -3.26. The Bertz CT molecular complexity index is 580. The molecular formula is C8H8N2O6S. The number of carboxylic acid groups (broad SMARTS) is 2. The molecule has 1 rings (SSSR count). The van der Waals surface area contributed by atoms with Gasteiger partial charge in [0.25, 0.3) is 0 Å². The Hall–Kier alpha value is -2.16. The van der Waals surface area contributed by atoms with Gasteiger partial charge in [-0.15, -0.1) is 0 Å². The second kappa shape index (κ2) is 4.37. The van der Waals surface area contributed by atoms with Crippen molar-refractivity contribution in [1.29, 1.82) is 0 Å². The van der Waals surface area contributed by atoms with Gasteiger partial charge in [-0.05, 0) is 6.07 Å². The Morgan fingerprint density at radius 1 is 1.29 bits per heavy atom. The lowest BCUT2D eigenvalue weighted by Crippen LogP contribution is -2.15. The topological polar surface area (TPSA) is 134 Å². The number of nitrogens with zero attached hydrogens (tertiary/aromatic N) is 1. The van der Waals surface area contributed by atoms with Crippen LogP contribution in [0, 0.1) is 0 Å². The van der Waals surface area contributed by atoms with Crippen molar-refractivity contribution in [3.8, 4) is 0 Å². The number of hydrogen-bond donors (Lipinski definition) is 3. The van der Waals surface area contributed by atoms with Crippen LogP contribution in [0.3, 0.4) is 0 Å². The largest absolute Gasteiger partial charge is 0.478 e. The molecule has 0 saturated carbocycles. The number of pyridine rings is 1. The van der Waals surface area contributed by atoms with E-state index in [1.807, 2.05) is 4.72 Å². The molecule has 0 atom stereocenters. The number of carbonyl (C=O) groups is 2. The van der Waals surface area contributed by atoms with Crippen LogP contribution in [-0.4, -0.2) is 41.8 Å². The number of nitrogens with one attached hydrogen (secondary N) is 1. The average Bonchev–Trinajstić information content (AvgIpc) is 2.14. The summed E-state index contributed by atoms with van der Waals surface area (Å²) in [5, 5.41) is 17.4. The molecule has 0 amide bonds. The van der Waals surface area contributed by atoms with E-state index >= 15 is 0 Å². The van der Waals surface area contributed by atoms with Crippen molar-refractivity contribution in [3.63, 3.8) is 0 Å². The normalized spacial score (nSPS) is 10.9. The van der Waals surface area contributed by atoms with Gasteiger partial charge < -0.3 is 10.2 Å². The summed E-state index contributed by atoms with van der Waals surface area (Å²) < 4.78 is 23.8. The summed E-state index contributed by atoms with van der Waals surface area (Å²) >= 11 is 0. The minimum atomic E-state index is -3.69. The molecule has 0 fully saturated rings. The lowest BCUT2D eigenvalue weighted by Gasteiger charge is -2.06. The lowest BCUT2D eigenvalue weighted by molar-refractivity contribution is 0.0696. The van der Waals surface area contributed by atoms with Crippen LogP contribution in [-0.2, 0) is 10.0 Å². The van der Waals surface area contributed by atoms with Gasteiger partial charge in [-0.25, -0.2) is 23.0 Å². The van der Waals surface area contributed by atoms with Crippen LogP contribution in [0.15, 0.2) is 12.3 Å². The van der Waals surface area contributed by atoms with E-state index in [0.29, 0.717) is 0 Å². The summed E-state index contributed by atoms with van der Waals surface area (Å²) in [6, 6.07) is 0.825. The average molecular weight is 260 g/mol. The van der Waals surface area contributed by atoms with E-state index in [2.05, 4.69) is 4.98 Å². The number of aromatic carboxylic acids is 2. The van der Waals surface area contributed by atoms with Crippen LogP contribution in [0.25, 0.3) is 0 Å². The molecule has 0 saturated heterocycles. The number of anilines is 1. The molecule has 1 heterocycles. The van der Waals surface area contributed by atoms with Gasteiger partial charge >= 0.3 is 11.9 Å². The molecule has 1 aromatic rings. The summed E-state index contributed by atoms with van der Waals surface area (Å²) in [4.78, 5) is 24.9. The van der Waals surface area contributed by atoms with Crippen molar-refractivity contribution < 1.29 is 28.2 Å². The van der Waals surface area contributed by atoms with Gasteiger partial charge in [-0.2, -0.15) is 0 Å². The van der Waals surface area contributed by atoms with Crippen molar-refractivity contribution in [2.45, 2.75) is 0 Å². The van der Waals surface area contributed by atoms with Gasteiger partial charge in [-0.1, -0.05) is 0 Å². The number of rotatable bonds is 4. The fourth-order valence-corrected chi connectivity index (χ4v) is 1.52. The Kier molecular flexibility index (Phi) is 3.32. The SMILES string of the molecule is CS(=O)(=O)Nc1ncc(C(=O)O)cc1C(=O)O. The predicted molar refractivity (Wildman–Crippen MR) is 56.6 cm³/mol. The van der Waals surface area contributed by atoms with Crippen LogP contribution in [0.5, 0.6) is 0 Å². The predicted octanol–water partition coefficient (Wildman–Crippen LogP) is -0.151. The van der Waals surface area contributed by atoms with Crippen LogP contribution in [0.2, 0.25) is 0 Å². The van der Waals surface area contributed by atoms with Crippen molar-refractivity contribution >= 4 is 27.8 Å². The quantitative estimate of drug-likeness (QED) is 0.685. The van der Waals surface area contributed by atoms with Crippen molar-refractivity contribution in [3.05, 3.63) is 23.4 Å². The second-order valence-corrected chi connectivity index (χ2v) is 4.85. The maximum absolute atomic E-state index is 10.9. The van der Waals surface area contributed by atoms with E-state index in [1.165, 1.54) is 0 Å². The number of hydrogen-bond acceptors (Lipinski definition) is 5. The Labute approximate surface area is 96.0 Å². The summed E-state index contributed by atoms with van der Waals surface area (Å²) in [7, 11) is -3.69. The molecule has 0 bridgehead atoms. The highest BCUT2D eigenvalue weighted by molar-refractivity contribution is 7.92. The zero-order valence-corrected chi connectivity index (χ0v) is 9.35. The first kappa shape index (κ1) is 12.9. The minimum absolute atomic E-state index is 0.346. The van der Waals surface area contributed by atoms with Gasteiger partial charge in [0.15, 0.2) is 5.82 Å². The van der Waals surface area contributed by atoms with Crippen molar-refractivity contribution in [1.82, 2.24) is 4.98 Å². The van der Waals surface area contributed by atoms with Gasteiger partial charge in [0.05, 0.1) is 11.8 Å². The fourth-order valence-electron chi connectivity index (χ4n) is 1.00. The van der Waals surface area contributed by atoms with Gasteiger partial charge in [0, 0.05) is 6.20 Å². The third-order valence-corrected chi connectivity index (χ3v) is 2.21. The zero-order chi connectivity index (χ0) is 13.2. The Morgan fingerprint density at radius 3 is 2.29 bits per heavy atom. The lowest BCUT2D eigenvalue weighted by atomic mass is 10.2. The first-order valence-corrected chi connectivity index (χ1v) is 6.04. The molecule has 1 aromatic heterocycles. The fraction of sp³-hybridized carbons (Fsp3) is 0.125. The smallest absolute Gasteiger partial charge is 0.339 e. The van der Waals surface area contributed by atoms with Crippen LogP contribution < -0.4 is 4.72 Å². The molecule has 0 aliphatic heterocycles. The van der Waals surface area contributed by atoms with E-state index in [-0.39, 0.29) is 5.56 Å². The van der Waals surface area contributed by atoms with E-state index < -0.39 is 33.3 Å². The minimum Gasteiger partial charge on any atom is -0.478 e. The van der Waals surface area contributed by atoms with Crippen LogP contribution in [0.1, 0.15) is 20.7 Å². The van der Waals surface area contributed by atoms with Gasteiger partial charge in [0.1, 0.15) is 5.56 Å². The maximum atomic E-state index is 10.9. The molecule has 0 aromatic carbocycles. The molecular weight excluding hydrogens is 252 g/mol. The highest BCUT2D eigenvalue weighted by Gasteiger charge is 2.17. The highest BCUT2D eigenvalue weighted by atomic mass is 32.2. The van der Waals surface area contributed by atoms with E-state index in [9.17, 15) is 18.0 Å². The first-order chi connectivity index (χ1) is 7.70. The van der Waals surface area contributed by atoms with E-state index in [1.54, 1.807) is 0 Å². The monoisotopic (exact) mass is 260 g/mol. The van der Waals surface area contributed by atoms with E-state index in [4.69, 9.17) is 10.2 Å². The Balaban J connectivity index is 3.32. The van der Waals surface area contributed by atoms with Gasteiger partial charge in [-0.3, -0.25) is 4.72 Å². The highest BCUT2D eigenvalue weighted by Crippen LogP contribution is 2.15. The van der Waals surface area contributed by atoms with Crippen LogP contribution >= 0.6 is 0 Å². The van der Waals surface area contributed by atoms with Crippen molar-refractivity contribution in [2.75, 3.05) is 11.0 Å². The number of aromatic nitrogens is 1. The summed E-state index contributed by atoms with van der Waals surface area (Å²) in [5.41, 5.74) is -0.878. The molecule has 0 unspecified atom stereocenters. The summed E-state index contributed by atoms with van der Waals surface area (Å²) in [6.45, 7) is 0. The first-order valence-electron chi connectivity index (χ1n) is 4.15. The molecule has 8 nitrogen and oxygen atoms in total. The molecule has 3 N–H and O–H groups in total. The molecule has 9 heteroatoms. The maximum Gasteiger partial charge on any atom is 0.339 e. The third-order valence-electron chi connectivity index (χ3n) is 1.65. The number of sulfonamides is 1. The molecule has 0 radical (unpaired) electrons. The number of carboxylic acids is 2. The Morgan fingerprint density at radius 2 is 1.88 bits per heavy atom. The zero-order valence-electron chi connectivity index (χ0n) is 8.54. The summed E-state index contributed by atoms with van der Waals surface area (Å²) in [6.07, 6.45) is 1.69. The van der Waals surface area contributed by atoms with Crippen molar-refractivity contribution in [2.24, 2.45) is 0 Å². The molecule has 0 aliphatic carbocycles. The third kappa shape index (κ3) is 3.41. The molecule has 17 heavy (non-hydrogen) atoms. The molecule has 0 spiro atoms. The van der Waals surface area contributed by atoms with Crippen LogP contribution in [0.4, 0.5) is 5.82 Å². The second-order valence-electron chi connectivity index (χ2n) is 3.10. The van der Waals surface area contributed by atoms with Gasteiger partial charge in [0.2, 0.25) is 10.0 Å².